The molecule has 4 nitrogen and oxygen atoms in total. The molecule has 0 saturated carbocycles. The molecular formula is C23H20N2O2. The third kappa shape index (κ3) is 3.22. The van der Waals surface area contributed by atoms with Gasteiger partial charge in [0.05, 0.1) is 0 Å². The van der Waals surface area contributed by atoms with Crippen molar-refractivity contribution >= 4 is 23.2 Å². The Kier molecular flexibility index (Phi) is 4.47. The van der Waals surface area contributed by atoms with E-state index in [1.54, 1.807) is 41.1 Å². The fourth-order valence-corrected chi connectivity index (χ4v) is 3.45. The highest BCUT2D eigenvalue weighted by molar-refractivity contribution is 6.10. The Morgan fingerprint density at radius 3 is 2.37 bits per heavy atom. The number of anilines is 2. The summed E-state index contributed by atoms with van der Waals surface area (Å²) in [5.74, 6) is -0.213. The summed E-state index contributed by atoms with van der Waals surface area (Å²) in [7, 11) is 1.74. The quantitative estimate of drug-likeness (QED) is 0.707. The van der Waals surface area contributed by atoms with Gasteiger partial charge in [0.15, 0.2) is 0 Å². The minimum absolute atomic E-state index is 0.0723. The van der Waals surface area contributed by atoms with Gasteiger partial charge in [-0.05, 0) is 48.4 Å². The largest absolute Gasteiger partial charge is 0.311 e. The summed E-state index contributed by atoms with van der Waals surface area (Å²) in [5, 5.41) is 0. The van der Waals surface area contributed by atoms with Crippen LogP contribution in [0, 0.1) is 0 Å². The number of fused-ring (bicyclic) bond motifs is 1. The topological polar surface area (TPSA) is 40.6 Å². The molecular weight excluding hydrogens is 336 g/mol. The van der Waals surface area contributed by atoms with Crippen LogP contribution in [0.2, 0.25) is 0 Å². The fourth-order valence-electron chi connectivity index (χ4n) is 3.45. The SMILES string of the molecule is CN(C(=O)c1cccc(C(=O)N2CCc3ccccc32)c1)c1ccccc1. The molecule has 0 saturated heterocycles. The number of nitrogens with zero attached hydrogens (tertiary/aromatic N) is 2. The molecule has 0 aliphatic carbocycles. The molecule has 4 heteroatoms. The Hall–Kier alpha value is -3.40. The number of hydrogen-bond donors (Lipinski definition) is 0. The minimum atomic E-state index is -0.141. The van der Waals surface area contributed by atoms with Crippen LogP contribution in [-0.4, -0.2) is 25.4 Å². The Bertz CT molecular complexity index is 998. The smallest absolute Gasteiger partial charge is 0.258 e. The van der Waals surface area contributed by atoms with Crippen molar-refractivity contribution in [1.29, 1.82) is 0 Å². The summed E-state index contributed by atoms with van der Waals surface area (Å²) in [5.41, 5.74) is 3.98. The van der Waals surface area contributed by atoms with Crippen LogP contribution in [0.1, 0.15) is 26.3 Å². The Labute approximate surface area is 158 Å². The van der Waals surface area contributed by atoms with E-state index in [2.05, 4.69) is 6.07 Å². The zero-order chi connectivity index (χ0) is 18.8. The molecule has 1 aliphatic rings. The van der Waals surface area contributed by atoms with E-state index in [1.165, 1.54) is 5.56 Å². The van der Waals surface area contributed by atoms with Crippen LogP contribution in [0.5, 0.6) is 0 Å². The number of carbonyl (C=O) groups excluding carboxylic acids is 2. The summed E-state index contributed by atoms with van der Waals surface area (Å²) in [6.45, 7) is 0.667. The van der Waals surface area contributed by atoms with Crippen LogP contribution in [0.4, 0.5) is 11.4 Å². The van der Waals surface area contributed by atoms with E-state index in [-0.39, 0.29) is 11.8 Å². The van der Waals surface area contributed by atoms with Gasteiger partial charge in [-0.3, -0.25) is 9.59 Å². The van der Waals surface area contributed by atoms with Gasteiger partial charge in [0.25, 0.3) is 11.8 Å². The lowest BCUT2D eigenvalue weighted by molar-refractivity contribution is 0.0989. The van der Waals surface area contributed by atoms with Crippen molar-refractivity contribution in [3.8, 4) is 0 Å². The lowest BCUT2D eigenvalue weighted by atomic mass is 10.1. The summed E-state index contributed by atoms with van der Waals surface area (Å²) in [6, 6.07) is 24.4. The van der Waals surface area contributed by atoms with Crippen molar-refractivity contribution in [2.75, 3.05) is 23.4 Å². The van der Waals surface area contributed by atoms with Gasteiger partial charge in [0.2, 0.25) is 0 Å². The molecule has 1 heterocycles. The average Bonchev–Trinajstić information content (AvgIpc) is 3.17. The number of rotatable bonds is 3. The predicted molar refractivity (Wildman–Crippen MR) is 107 cm³/mol. The van der Waals surface area contributed by atoms with Crippen molar-refractivity contribution in [2.45, 2.75) is 6.42 Å². The van der Waals surface area contributed by atoms with Crippen LogP contribution < -0.4 is 9.80 Å². The van der Waals surface area contributed by atoms with Crippen molar-refractivity contribution in [1.82, 2.24) is 0 Å². The van der Waals surface area contributed by atoms with E-state index >= 15 is 0 Å². The number of para-hydroxylation sites is 2. The van der Waals surface area contributed by atoms with Gasteiger partial charge in [-0.2, -0.15) is 0 Å². The molecule has 3 aromatic carbocycles. The summed E-state index contributed by atoms with van der Waals surface area (Å²) < 4.78 is 0. The zero-order valence-electron chi connectivity index (χ0n) is 15.1. The van der Waals surface area contributed by atoms with Gasteiger partial charge in [-0.15, -0.1) is 0 Å². The first kappa shape index (κ1) is 17.0. The molecule has 0 fully saturated rings. The number of amides is 2. The molecule has 0 aromatic heterocycles. The first-order valence-electron chi connectivity index (χ1n) is 8.98. The van der Waals surface area contributed by atoms with Crippen molar-refractivity contribution in [3.63, 3.8) is 0 Å². The zero-order valence-corrected chi connectivity index (χ0v) is 15.1. The summed E-state index contributed by atoms with van der Waals surface area (Å²) in [4.78, 5) is 29.2. The monoisotopic (exact) mass is 356 g/mol. The van der Waals surface area contributed by atoms with Gasteiger partial charge in [-0.25, -0.2) is 0 Å². The summed E-state index contributed by atoms with van der Waals surface area (Å²) in [6.07, 6.45) is 0.858. The van der Waals surface area contributed by atoms with Crippen LogP contribution in [0.15, 0.2) is 78.9 Å². The van der Waals surface area contributed by atoms with E-state index in [0.717, 1.165) is 17.8 Å². The van der Waals surface area contributed by atoms with E-state index in [0.29, 0.717) is 17.7 Å². The summed E-state index contributed by atoms with van der Waals surface area (Å²) >= 11 is 0. The molecule has 0 unspecified atom stereocenters. The molecule has 0 N–H and O–H groups in total. The molecule has 0 atom stereocenters. The van der Waals surface area contributed by atoms with E-state index in [4.69, 9.17) is 0 Å². The van der Waals surface area contributed by atoms with Gasteiger partial charge in [-0.1, -0.05) is 42.5 Å². The average molecular weight is 356 g/mol. The van der Waals surface area contributed by atoms with Crippen molar-refractivity contribution < 1.29 is 9.59 Å². The predicted octanol–water partition coefficient (Wildman–Crippen LogP) is 4.17. The maximum atomic E-state index is 13.0. The third-order valence-corrected chi connectivity index (χ3v) is 4.94. The number of benzene rings is 3. The minimum Gasteiger partial charge on any atom is -0.311 e. The first-order valence-corrected chi connectivity index (χ1v) is 8.98. The van der Waals surface area contributed by atoms with Gasteiger partial charge < -0.3 is 9.80 Å². The molecule has 2 amide bonds. The molecule has 1 aliphatic heterocycles. The van der Waals surface area contributed by atoms with Crippen LogP contribution in [0.3, 0.4) is 0 Å². The molecule has 3 aromatic rings. The van der Waals surface area contributed by atoms with Crippen LogP contribution >= 0.6 is 0 Å². The Morgan fingerprint density at radius 1 is 0.852 bits per heavy atom. The molecule has 0 spiro atoms. The molecule has 27 heavy (non-hydrogen) atoms. The molecule has 0 bridgehead atoms. The molecule has 134 valence electrons. The normalized spacial score (nSPS) is 12.6. The lowest BCUT2D eigenvalue weighted by Gasteiger charge is -2.19. The van der Waals surface area contributed by atoms with Crippen LogP contribution in [-0.2, 0) is 6.42 Å². The van der Waals surface area contributed by atoms with Crippen LogP contribution in [0.25, 0.3) is 0 Å². The maximum absolute atomic E-state index is 13.0. The first-order chi connectivity index (χ1) is 13.1. The van der Waals surface area contributed by atoms with E-state index in [1.807, 2.05) is 48.5 Å². The highest BCUT2D eigenvalue weighted by Crippen LogP contribution is 2.29. The second-order valence-electron chi connectivity index (χ2n) is 6.62. The number of carbonyl (C=O) groups is 2. The second-order valence-corrected chi connectivity index (χ2v) is 6.62. The third-order valence-electron chi connectivity index (χ3n) is 4.94. The van der Waals surface area contributed by atoms with Gasteiger partial charge in [0.1, 0.15) is 0 Å². The standard InChI is InChI=1S/C23H20N2O2/c1-24(20-11-3-2-4-12-20)22(26)18-9-7-10-19(16-18)23(27)25-15-14-17-8-5-6-13-21(17)25/h2-13,16H,14-15H2,1H3. The maximum Gasteiger partial charge on any atom is 0.258 e. The van der Waals surface area contributed by atoms with E-state index in [9.17, 15) is 9.59 Å². The van der Waals surface area contributed by atoms with Crippen molar-refractivity contribution in [3.05, 3.63) is 95.6 Å². The molecule has 4 rings (SSSR count). The molecule has 0 radical (unpaired) electrons. The Balaban J connectivity index is 1.60. The Morgan fingerprint density at radius 2 is 1.56 bits per heavy atom. The van der Waals surface area contributed by atoms with Gasteiger partial charge >= 0.3 is 0 Å². The highest BCUT2D eigenvalue weighted by Gasteiger charge is 2.25. The van der Waals surface area contributed by atoms with E-state index < -0.39 is 0 Å². The fraction of sp³-hybridized carbons (Fsp3) is 0.130. The van der Waals surface area contributed by atoms with Gasteiger partial charge in [0, 0.05) is 36.1 Å². The van der Waals surface area contributed by atoms with Crippen molar-refractivity contribution in [2.24, 2.45) is 0 Å². The lowest BCUT2D eigenvalue weighted by Crippen LogP contribution is -2.30. The number of hydrogen-bond acceptors (Lipinski definition) is 2. The highest BCUT2D eigenvalue weighted by atomic mass is 16.2. The second kappa shape index (κ2) is 7.08.